The molecule has 1 fully saturated rings. The molecular weight excluding hydrogens is 337 g/mol. The van der Waals surface area contributed by atoms with Crippen molar-refractivity contribution >= 4 is 44.8 Å². The zero-order valence-corrected chi connectivity index (χ0v) is 13.3. The molecule has 1 saturated carbocycles. The van der Waals surface area contributed by atoms with E-state index in [1.807, 2.05) is 12.1 Å². The number of ether oxygens (including phenoxy) is 1. The quantitative estimate of drug-likeness (QED) is 0.814. The monoisotopic (exact) mass is 351 g/mol. The number of anilines is 1. The predicted octanol–water partition coefficient (Wildman–Crippen LogP) is 5.13. The lowest BCUT2D eigenvalue weighted by molar-refractivity contribution is 0.0682. The van der Waals surface area contributed by atoms with Crippen LogP contribution in [0.1, 0.15) is 25.7 Å². The Labute approximate surface area is 126 Å². The zero-order chi connectivity index (χ0) is 13.1. The number of methoxy groups -OCH3 is 1. The van der Waals surface area contributed by atoms with Gasteiger partial charge in [0.15, 0.2) is 0 Å². The molecule has 1 aliphatic rings. The standard InChI is InChI=1S/C13H16BrCl2NO/c1-18-10-4-2-9(3-5-10)17-13-11(15)6-8(14)7-12(13)16/h6-7,9-10,17H,2-5H2,1H3. The Hall–Kier alpha value is 0.0400. The number of hydrogen-bond acceptors (Lipinski definition) is 2. The minimum absolute atomic E-state index is 0.402. The van der Waals surface area contributed by atoms with Crippen LogP contribution in [0, 0.1) is 0 Å². The van der Waals surface area contributed by atoms with Gasteiger partial charge < -0.3 is 10.1 Å². The van der Waals surface area contributed by atoms with Crippen LogP contribution in [0.15, 0.2) is 16.6 Å². The first-order valence-electron chi connectivity index (χ1n) is 6.04. The summed E-state index contributed by atoms with van der Waals surface area (Å²) in [5.41, 5.74) is 0.836. The molecule has 0 heterocycles. The molecule has 18 heavy (non-hydrogen) atoms. The van der Waals surface area contributed by atoms with E-state index in [2.05, 4.69) is 21.2 Å². The molecule has 0 bridgehead atoms. The molecule has 2 rings (SSSR count). The van der Waals surface area contributed by atoms with Crippen molar-refractivity contribution in [1.82, 2.24) is 0 Å². The van der Waals surface area contributed by atoms with E-state index in [1.54, 1.807) is 7.11 Å². The topological polar surface area (TPSA) is 21.3 Å². The minimum atomic E-state index is 0.402. The summed E-state index contributed by atoms with van der Waals surface area (Å²) < 4.78 is 6.26. The van der Waals surface area contributed by atoms with Crippen LogP contribution in [-0.4, -0.2) is 19.3 Å². The Balaban J connectivity index is 2.02. The van der Waals surface area contributed by atoms with Crippen LogP contribution in [0.5, 0.6) is 0 Å². The molecular formula is C13H16BrCl2NO. The first-order chi connectivity index (χ1) is 8.60. The van der Waals surface area contributed by atoms with Gasteiger partial charge >= 0.3 is 0 Å². The SMILES string of the molecule is COC1CCC(Nc2c(Cl)cc(Br)cc2Cl)CC1. The van der Waals surface area contributed by atoms with Crippen molar-refractivity contribution in [3.63, 3.8) is 0 Å². The Morgan fingerprint density at radius 3 is 2.22 bits per heavy atom. The van der Waals surface area contributed by atoms with Crippen LogP contribution in [0.2, 0.25) is 10.0 Å². The summed E-state index contributed by atoms with van der Waals surface area (Å²) in [6.45, 7) is 0. The molecule has 0 unspecified atom stereocenters. The number of benzene rings is 1. The van der Waals surface area contributed by atoms with Crippen LogP contribution >= 0.6 is 39.1 Å². The number of hydrogen-bond donors (Lipinski definition) is 1. The van der Waals surface area contributed by atoms with Gasteiger partial charge in [-0.15, -0.1) is 0 Å². The van der Waals surface area contributed by atoms with Crippen molar-refractivity contribution < 1.29 is 4.74 Å². The molecule has 0 atom stereocenters. The number of halogens is 3. The van der Waals surface area contributed by atoms with Gasteiger partial charge in [0, 0.05) is 17.6 Å². The second-order valence-corrected chi connectivity index (χ2v) is 6.33. The maximum absolute atomic E-state index is 6.21. The van der Waals surface area contributed by atoms with E-state index in [9.17, 15) is 0 Å². The third-order valence-electron chi connectivity index (χ3n) is 3.36. The largest absolute Gasteiger partial charge is 0.381 e. The van der Waals surface area contributed by atoms with Crippen LogP contribution in [-0.2, 0) is 4.74 Å². The van der Waals surface area contributed by atoms with Gasteiger partial charge in [0.25, 0.3) is 0 Å². The van der Waals surface area contributed by atoms with Crippen molar-refractivity contribution in [2.45, 2.75) is 37.8 Å². The molecule has 100 valence electrons. The summed E-state index contributed by atoms with van der Waals surface area (Å²) in [6.07, 6.45) is 4.74. The fraction of sp³-hybridized carbons (Fsp3) is 0.538. The maximum atomic E-state index is 6.21. The Morgan fingerprint density at radius 2 is 1.72 bits per heavy atom. The molecule has 1 aliphatic carbocycles. The maximum Gasteiger partial charge on any atom is 0.0721 e. The Kier molecular flexibility index (Phi) is 5.19. The van der Waals surface area contributed by atoms with E-state index < -0.39 is 0 Å². The molecule has 0 spiro atoms. The van der Waals surface area contributed by atoms with E-state index in [0.29, 0.717) is 22.2 Å². The first kappa shape index (κ1) is 14.4. The van der Waals surface area contributed by atoms with Crippen molar-refractivity contribution in [3.8, 4) is 0 Å². The van der Waals surface area contributed by atoms with Crippen molar-refractivity contribution in [1.29, 1.82) is 0 Å². The van der Waals surface area contributed by atoms with Crippen molar-refractivity contribution in [3.05, 3.63) is 26.7 Å². The highest BCUT2D eigenvalue weighted by molar-refractivity contribution is 9.10. The first-order valence-corrected chi connectivity index (χ1v) is 7.59. The molecule has 0 aliphatic heterocycles. The van der Waals surface area contributed by atoms with Crippen LogP contribution in [0.3, 0.4) is 0 Å². The smallest absolute Gasteiger partial charge is 0.0721 e. The molecule has 0 amide bonds. The number of rotatable bonds is 3. The third-order valence-corrected chi connectivity index (χ3v) is 4.42. The van der Waals surface area contributed by atoms with Gasteiger partial charge in [0.05, 0.1) is 21.8 Å². The molecule has 5 heteroatoms. The van der Waals surface area contributed by atoms with Gasteiger partial charge in [-0.25, -0.2) is 0 Å². The van der Waals surface area contributed by atoms with Gasteiger partial charge in [-0.1, -0.05) is 39.1 Å². The summed E-state index contributed by atoms with van der Waals surface area (Å²) in [4.78, 5) is 0. The number of nitrogens with one attached hydrogen (secondary N) is 1. The molecule has 1 aromatic rings. The average molecular weight is 353 g/mol. The summed E-state index contributed by atoms with van der Waals surface area (Å²) >= 11 is 15.8. The van der Waals surface area contributed by atoms with Gasteiger partial charge in [-0.05, 0) is 37.8 Å². The summed E-state index contributed by atoms with van der Waals surface area (Å²) in [5.74, 6) is 0. The fourth-order valence-electron chi connectivity index (χ4n) is 2.33. The average Bonchev–Trinajstić information content (AvgIpc) is 2.34. The highest BCUT2D eigenvalue weighted by Gasteiger charge is 2.22. The third kappa shape index (κ3) is 3.53. The van der Waals surface area contributed by atoms with Crippen LogP contribution in [0.25, 0.3) is 0 Å². The second-order valence-electron chi connectivity index (χ2n) is 4.60. The van der Waals surface area contributed by atoms with E-state index in [4.69, 9.17) is 27.9 Å². The highest BCUT2D eigenvalue weighted by Crippen LogP contribution is 2.35. The van der Waals surface area contributed by atoms with Crippen LogP contribution in [0.4, 0.5) is 5.69 Å². The van der Waals surface area contributed by atoms with E-state index in [0.717, 1.165) is 35.8 Å². The van der Waals surface area contributed by atoms with Gasteiger partial charge in [-0.3, -0.25) is 0 Å². The summed E-state index contributed by atoms with van der Waals surface area (Å²) in [7, 11) is 1.78. The molecule has 1 aromatic carbocycles. The Morgan fingerprint density at radius 1 is 1.17 bits per heavy atom. The zero-order valence-electron chi connectivity index (χ0n) is 10.2. The van der Waals surface area contributed by atoms with Gasteiger partial charge in [-0.2, -0.15) is 0 Å². The lowest BCUT2D eigenvalue weighted by Crippen LogP contribution is -2.29. The Bertz CT molecular complexity index is 396. The van der Waals surface area contributed by atoms with Gasteiger partial charge in [0.1, 0.15) is 0 Å². The van der Waals surface area contributed by atoms with Crippen LogP contribution < -0.4 is 5.32 Å². The van der Waals surface area contributed by atoms with E-state index in [-0.39, 0.29) is 0 Å². The van der Waals surface area contributed by atoms with Gasteiger partial charge in [0.2, 0.25) is 0 Å². The summed E-state index contributed by atoms with van der Waals surface area (Å²) in [5, 5.41) is 4.76. The molecule has 1 N–H and O–H groups in total. The molecule has 2 nitrogen and oxygen atoms in total. The second kappa shape index (κ2) is 6.47. The molecule has 0 saturated heterocycles. The van der Waals surface area contributed by atoms with Crippen molar-refractivity contribution in [2.24, 2.45) is 0 Å². The highest BCUT2D eigenvalue weighted by atomic mass is 79.9. The lowest BCUT2D eigenvalue weighted by atomic mass is 9.93. The molecule has 0 radical (unpaired) electrons. The van der Waals surface area contributed by atoms with Crippen molar-refractivity contribution in [2.75, 3.05) is 12.4 Å². The van der Waals surface area contributed by atoms with E-state index >= 15 is 0 Å². The molecule has 0 aromatic heterocycles. The predicted molar refractivity (Wildman–Crippen MR) is 80.8 cm³/mol. The lowest BCUT2D eigenvalue weighted by Gasteiger charge is -2.29. The fourth-order valence-corrected chi connectivity index (χ4v) is 3.64. The van der Waals surface area contributed by atoms with E-state index in [1.165, 1.54) is 0 Å². The normalized spacial score (nSPS) is 24.0. The summed E-state index contributed by atoms with van der Waals surface area (Å²) in [6, 6.07) is 4.14. The minimum Gasteiger partial charge on any atom is -0.381 e.